The molecule has 2 aromatic carbocycles. The van der Waals surface area contributed by atoms with E-state index in [-0.39, 0.29) is 11.8 Å². The molecule has 0 fully saturated rings. The number of aromatic nitrogens is 2. The maximum atomic E-state index is 12.3. The highest BCUT2D eigenvalue weighted by Crippen LogP contribution is 2.43. The van der Waals surface area contributed by atoms with Gasteiger partial charge in [-0.3, -0.25) is 9.89 Å². The van der Waals surface area contributed by atoms with Crippen LogP contribution >= 0.6 is 0 Å². The number of rotatable bonds is 2. The van der Waals surface area contributed by atoms with Crippen LogP contribution in [0.15, 0.2) is 54.6 Å². The smallest absolute Gasteiger partial charge is 0.226 e. The minimum Gasteiger partial charge on any atom is -0.309 e. The average molecular weight is 327 g/mol. The predicted molar refractivity (Wildman–Crippen MR) is 99.5 cm³/mol. The number of anilines is 1. The predicted octanol–water partition coefficient (Wildman–Crippen LogP) is 4.30. The summed E-state index contributed by atoms with van der Waals surface area (Å²) in [5, 5.41) is 12.8. The van der Waals surface area contributed by atoms with E-state index in [1.54, 1.807) is 0 Å². The fraction of sp³-hybridized carbons (Fsp3) is 0.143. The van der Waals surface area contributed by atoms with E-state index in [9.17, 15) is 4.79 Å². The van der Waals surface area contributed by atoms with Crippen LogP contribution in [0.25, 0.3) is 16.3 Å². The number of H-pyrrole nitrogens is 1. The third-order valence-corrected chi connectivity index (χ3v) is 5.19. The first-order chi connectivity index (χ1) is 12.2. The van der Waals surface area contributed by atoms with Crippen LogP contribution in [0.5, 0.6) is 0 Å². The Labute approximate surface area is 145 Å². The highest BCUT2D eigenvalue weighted by Gasteiger charge is 2.33. The van der Waals surface area contributed by atoms with Crippen LogP contribution < -0.4 is 5.32 Å². The molecule has 1 atom stereocenters. The average Bonchev–Trinajstić information content (AvgIpc) is 2.97. The van der Waals surface area contributed by atoms with Crippen LogP contribution in [-0.2, 0) is 4.79 Å². The molecule has 1 aromatic heterocycles. The number of carbonyl (C=O) groups excluding carboxylic acids is 1. The number of fused-ring (bicyclic) bond motifs is 2. The summed E-state index contributed by atoms with van der Waals surface area (Å²) in [5.41, 5.74) is 5.66. The summed E-state index contributed by atoms with van der Waals surface area (Å²) >= 11 is 0. The highest BCUT2D eigenvalue weighted by atomic mass is 16.1. The molecule has 3 aromatic rings. The zero-order chi connectivity index (χ0) is 17.0. The van der Waals surface area contributed by atoms with E-state index in [0.717, 1.165) is 16.8 Å². The molecule has 0 saturated carbocycles. The fourth-order valence-electron chi connectivity index (χ4n) is 3.88. The largest absolute Gasteiger partial charge is 0.309 e. The quantitative estimate of drug-likeness (QED) is 0.737. The van der Waals surface area contributed by atoms with Crippen LogP contribution in [0.4, 0.5) is 5.82 Å². The van der Waals surface area contributed by atoms with Crippen LogP contribution in [0.1, 0.15) is 34.7 Å². The van der Waals surface area contributed by atoms with Crippen molar-refractivity contribution in [1.29, 1.82) is 0 Å². The van der Waals surface area contributed by atoms with E-state index in [1.165, 1.54) is 21.9 Å². The van der Waals surface area contributed by atoms with Crippen molar-refractivity contribution in [3.05, 3.63) is 77.0 Å². The molecule has 2 heterocycles. The van der Waals surface area contributed by atoms with Gasteiger partial charge in [0.15, 0.2) is 5.82 Å². The Kier molecular flexibility index (Phi) is 2.95. The topological polar surface area (TPSA) is 57.8 Å². The second kappa shape index (κ2) is 5.18. The molecule has 0 bridgehead atoms. The number of aryl methyl sites for hydroxylation is 1. The molecule has 122 valence electrons. The van der Waals surface area contributed by atoms with Gasteiger partial charge in [-0.1, -0.05) is 54.6 Å². The Bertz CT molecular complexity index is 1090. The lowest BCUT2D eigenvalue weighted by atomic mass is 9.81. The summed E-state index contributed by atoms with van der Waals surface area (Å²) in [6.45, 7) is 2.12. The summed E-state index contributed by atoms with van der Waals surface area (Å²) in [6.07, 6.45) is 6.58. The number of hydrogen-bond donors (Lipinski definition) is 2. The minimum absolute atomic E-state index is 0.00194. The molecule has 5 rings (SSSR count). The SMILES string of the molecule is Cc1ccc(C2CC(=O)Nc3n[nH]c(C4=CC=C4)c32)c2ccccc12. The van der Waals surface area contributed by atoms with E-state index >= 15 is 0 Å². The molecule has 1 aliphatic carbocycles. The maximum Gasteiger partial charge on any atom is 0.226 e. The molecule has 1 unspecified atom stereocenters. The van der Waals surface area contributed by atoms with Crippen molar-refractivity contribution < 1.29 is 4.79 Å². The number of carbonyl (C=O) groups is 1. The van der Waals surface area contributed by atoms with Crippen LogP contribution in [0, 0.1) is 6.92 Å². The van der Waals surface area contributed by atoms with Gasteiger partial charge in [0.1, 0.15) is 0 Å². The minimum atomic E-state index is -0.00194. The van der Waals surface area contributed by atoms with Gasteiger partial charge in [-0.25, -0.2) is 0 Å². The van der Waals surface area contributed by atoms with E-state index in [0.29, 0.717) is 12.2 Å². The Balaban J connectivity index is 1.75. The second-order valence-corrected chi connectivity index (χ2v) is 6.66. The zero-order valence-electron chi connectivity index (χ0n) is 13.8. The van der Waals surface area contributed by atoms with Crippen molar-refractivity contribution in [1.82, 2.24) is 10.2 Å². The third kappa shape index (κ3) is 2.07. The maximum absolute atomic E-state index is 12.3. The Morgan fingerprint density at radius 2 is 1.92 bits per heavy atom. The van der Waals surface area contributed by atoms with Gasteiger partial charge in [0.2, 0.25) is 5.91 Å². The molecule has 4 nitrogen and oxygen atoms in total. The van der Waals surface area contributed by atoms with Gasteiger partial charge in [-0.2, -0.15) is 5.10 Å². The lowest BCUT2D eigenvalue weighted by Gasteiger charge is -2.25. The van der Waals surface area contributed by atoms with Gasteiger partial charge in [-0.15, -0.1) is 0 Å². The molecule has 4 heteroatoms. The number of aromatic amines is 1. The van der Waals surface area contributed by atoms with Crippen molar-refractivity contribution in [2.24, 2.45) is 0 Å². The first kappa shape index (κ1) is 14.2. The number of nitrogens with one attached hydrogen (secondary N) is 2. The molecule has 25 heavy (non-hydrogen) atoms. The summed E-state index contributed by atoms with van der Waals surface area (Å²) in [4.78, 5) is 12.3. The standard InChI is InChI=1S/C21H17N3O/c1-12-9-10-16(15-8-3-2-7-14(12)15)17-11-18(25)22-21-19(17)20(23-24-21)13-5-4-6-13/h2-10,17H,11H2,1H3,(H2,22,23,24,25). The van der Waals surface area contributed by atoms with Crippen LogP contribution in [0.2, 0.25) is 0 Å². The normalized spacial score (nSPS) is 18.5. The van der Waals surface area contributed by atoms with Gasteiger partial charge < -0.3 is 5.32 Å². The Hall–Kier alpha value is -3.14. The van der Waals surface area contributed by atoms with Crippen LogP contribution in [0.3, 0.4) is 0 Å². The zero-order valence-corrected chi connectivity index (χ0v) is 13.8. The number of benzene rings is 2. The molecular formula is C21H17N3O. The van der Waals surface area contributed by atoms with Gasteiger partial charge in [0.25, 0.3) is 0 Å². The number of nitrogens with zero attached hydrogens (tertiary/aromatic N) is 1. The lowest BCUT2D eigenvalue weighted by molar-refractivity contribution is -0.116. The number of hydrogen-bond acceptors (Lipinski definition) is 2. The van der Waals surface area contributed by atoms with E-state index in [1.807, 2.05) is 6.08 Å². The van der Waals surface area contributed by atoms with Gasteiger partial charge in [0, 0.05) is 17.9 Å². The number of allylic oxidation sites excluding steroid dienone is 4. The third-order valence-electron chi connectivity index (χ3n) is 5.19. The van der Waals surface area contributed by atoms with Crippen molar-refractivity contribution >= 4 is 28.1 Å². The van der Waals surface area contributed by atoms with E-state index in [4.69, 9.17) is 0 Å². The van der Waals surface area contributed by atoms with Crippen molar-refractivity contribution in [2.75, 3.05) is 5.32 Å². The lowest BCUT2D eigenvalue weighted by Crippen LogP contribution is -2.24. The van der Waals surface area contributed by atoms with E-state index < -0.39 is 0 Å². The molecule has 0 spiro atoms. The Morgan fingerprint density at radius 1 is 1.12 bits per heavy atom. The van der Waals surface area contributed by atoms with Gasteiger partial charge in [-0.05, 0) is 34.4 Å². The van der Waals surface area contributed by atoms with Gasteiger partial charge in [0.05, 0.1) is 5.69 Å². The van der Waals surface area contributed by atoms with Crippen molar-refractivity contribution in [2.45, 2.75) is 19.3 Å². The summed E-state index contributed by atoms with van der Waals surface area (Å²) in [7, 11) is 0. The summed E-state index contributed by atoms with van der Waals surface area (Å²) in [6, 6.07) is 12.7. The molecule has 2 N–H and O–H groups in total. The van der Waals surface area contributed by atoms with Crippen molar-refractivity contribution in [3.63, 3.8) is 0 Å². The fourth-order valence-corrected chi connectivity index (χ4v) is 3.88. The summed E-state index contributed by atoms with van der Waals surface area (Å²) < 4.78 is 0. The Morgan fingerprint density at radius 3 is 2.68 bits per heavy atom. The van der Waals surface area contributed by atoms with E-state index in [2.05, 4.69) is 71.0 Å². The molecule has 0 saturated heterocycles. The molecule has 1 aliphatic heterocycles. The van der Waals surface area contributed by atoms with Gasteiger partial charge >= 0.3 is 0 Å². The first-order valence-electron chi connectivity index (χ1n) is 8.47. The molecular weight excluding hydrogens is 310 g/mol. The highest BCUT2D eigenvalue weighted by molar-refractivity contribution is 5.98. The summed E-state index contributed by atoms with van der Waals surface area (Å²) in [5.74, 6) is 0.665. The molecule has 0 radical (unpaired) electrons. The first-order valence-corrected chi connectivity index (χ1v) is 8.47. The van der Waals surface area contributed by atoms with Crippen LogP contribution in [-0.4, -0.2) is 16.1 Å². The number of amides is 1. The van der Waals surface area contributed by atoms with Crippen molar-refractivity contribution in [3.8, 4) is 0 Å². The monoisotopic (exact) mass is 327 g/mol. The molecule has 1 amide bonds. The molecule has 2 aliphatic rings. The second-order valence-electron chi connectivity index (χ2n) is 6.66.